The Kier molecular flexibility index (Phi) is 7.03. The summed E-state index contributed by atoms with van der Waals surface area (Å²) >= 11 is 4.60. The largest absolute Gasteiger partial charge is 0.459 e. The van der Waals surface area contributed by atoms with Gasteiger partial charge < -0.3 is 10.1 Å². The van der Waals surface area contributed by atoms with Gasteiger partial charge in [0.25, 0.3) is 5.91 Å². The van der Waals surface area contributed by atoms with Gasteiger partial charge in [0.05, 0.1) is 23.6 Å². The summed E-state index contributed by atoms with van der Waals surface area (Å²) < 4.78 is 48.7. The molecule has 38 heavy (non-hydrogen) atoms. The van der Waals surface area contributed by atoms with Crippen LogP contribution in [0.5, 0.6) is 0 Å². The van der Waals surface area contributed by atoms with Crippen LogP contribution < -0.4 is 5.32 Å². The molecule has 4 aromatic rings. The SMILES string of the molecule is CC(C)OC(=O)c1c(NC(=O)c2cnn3c(C(F)(F)F)cc(-c4ccc(Br)cc4)nc23)sc2c1CCCC2. The van der Waals surface area contributed by atoms with Gasteiger partial charge in [0.15, 0.2) is 11.3 Å². The third-order valence-electron chi connectivity index (χ3n) is 6.09. The van der Waals surface area contributed by atoms with Crippen LogP contribution in [0.3, 0.4) is 0 Å². The van der Waals surface area contributed by atoms with E-state index in [2.05, 4.69) is 31.3 Å². The van der Waals surface area contributed by atoms with Crippen LogP contribution in [-0.2, 0) is 23.8 Å². The van der Waals surface area contributed by atoms with Crippen LogP contribution in [0.25, 0.3) is 16.9 Å². The number of hydrogen-bond donors (Lipinski definition) is 1. The molecule has 12 heteroatoms. The number of aromatic nitrogens is 3. The lowest BCUT2D eigenvalue weighted by Crippen LogP contribution is -2.18. The second-order valence-electron chi connectivity index (χ2n) is 9.15. The summed E-state index contributed by atoms with van der Waals surface area (Å²) in [4.78, 5) is 31.7. The number of thiophene rings is 1. The number of carbonyl (C=O) groups is 2. The third-order valence-corrected chi connectivity index (χ3v) is 7.83. The second-order valence-corrected chi connectivity index (χ2v) is 11.2. The molecule has 1 aliphatic carbocycles. The van der Waals surface area contributed by atoms with Crippen molar-refractivity contribution in [2.24, 2.45) is 0 Å². The molecular formula is C26H22BrF3N4O3S. The minimum atomic E-state index is -4.74. The summed E-state index contributed by atoms with van der Waals surface area (Å²) in [6.45, 7) is 3.47. The Morgan fingerprint density at radius 1 is 1.16 bits per heavy atom. The van der Waals surface area contributed by atoms with Crippen molar-refractivity contribution in [2.45, 2.75) is 51.8 Å². The Hall–Kier alpha value is -3.25. The zero-order chi connectivity index (χ0) is 27.2. The number of nitrogens with zero attached hydrogens (tertiary/aromatic N) is 3. The van der Waals surface area contributed by atoms with Gasteiger partial charge in [-0.25, -0.2) is 14.3 Å². The lowest BCUT2D eigenvalue weighted by molar-refractivity contribution is -0.142. The highest BCUT2D eigenvalue weighted by Gasteiger charge is 2.36. The minimum Gasteiger partial charge on any atom is -0.459 e. The van der Waals surface area contributed by atoms with E-state index in [0.29, 0.717) is 27.1 Å². The second kappa shape index (κ2) is 10.1. The van der Waals surface area contributed by atoms with Crippen molar-refractivity contribution in [1.82, 2.24) is 14.6 Å². The van der Waals surface area contributed by atoms with Gasteiger partial charge in [-0.05, 0) is 63.3 Å². The lowest BCUT2D eigenvalue weighted by Gasteiger charge is -2.14. The van der Waals surface area contributed by atoms with E-state index >= 15 is 0 Å². The number of ether oxygens (including phenoxy) is 1. The molecule has 0 saturated carbocycles. The summed E-state index contributed by atoms with van der Waals surface area (Å²) in [6, 6.07) is 7.53. The molecule has 0 spiro atoms. The number of carbonyl (C=O) groups excluding carboxylic acids is 2. The highest BCUT2D eigenvalue weighted by molar-refractivity contribution is 9.10. The van der Waals surface area contributed by atoms with Crippen molar-refractivity contribution in [3.05, 3.63) is 68.3 Å². The Balaban J connectivity index is 1.58. The molecule has 0 saturated heterocycles. The van der Waals surface area contributed by atoms with E-state index in [1.807, 2.05) is 0 Å². The van der Waals surface area contributed by atoms with Crippen molar-refractivity contribution >= 4 is 49.8 Å². The zero-order valence-corrected chi connectivity index (χ0v) is 22.8. The summed E-state index contributed by atoms with van der Waals surface area (Å²) in [5.74, 6) is -1.25. The normalized spacial score (nSPS) is 13.6. The molecule has 1 N–H and O–H groups in total. The summed E-state index contributed by atoms with van der Waals surface area (Å²) in [5, 5.41) is 6.89. The standard InChI is InChI=1S/C26H22BrF3N4O3S/c1-13(2)37-25(36)21-16-5-3-4-6-19(16)38-24(21)33-23(35)17-12-31-34-20(26(28,29)30)11-18(32-22(17)34)14-7-9-15(27)10-8-14/h7-13H,3-6H2,1-2H3,(H,33,35). The predicted molar refractivity (Wildman–Crippen MR) is 141 cm³/mol. The number of amides is 1. The number of halogens is 4. The number of benzene rings is 1. The summed E-state index contributed by atoms with van der Waals surface area (Å²) in [6.07, 6.45) is -0.696. The fourth-order valence-electron chi connectivity index (χ4n) is 4.41. The molecule has 198 valence electrons. The number of aryl methyl sites for hydroxylation is 1. The number of esters is 1. The highest BCUT2D eigenvalue weighted by Crippen LogP contribution is 2.39. The first-order chi connectivity index (χ1) is 18.0. The lowest BCUT2D eigenvalue weighted by atomic mass is 9.95. The van der Waals surface area contributed by atoms with E-state index in [1.165, 1.54) is 11.3 Å². The van der Waals surface area contributed by atoms with Gasteiger partial charge in [0.2, 0.25) is 0 Å². The average Bonchev–Trinajstić information content (AvgIpc) is 3.44. The summed E-state index contributed by atoms with van der Waals surface area (Å²) in [5.41, 5.74) is 0.192. The topological polar surface area (TPSA) is 85.6 Å². The van der Waals surface area contributed by atoms with E-state index < -0.39 is 23.7 Å². The maximum atomic E-state index is 14.0. The number of rotatable bonds is 5. The molecule has 0 unspecified atom stereocenters. The molecule has 5 rings (SSSR count). The number of hydrogen-bond acceptors (Lipinski definition) is 6. The Morgan fingerprint density at radius 2 is 1.87 bits per heavy atom. The maximum absolute atomic E-state index is 14.0. The molecule has 1 aliphatic rings. The quantitative estimate of drug-likeness (QED) is 0.249. The van der Waals surface area contributed by atoms with Crippen LogP contribution >= 0.6 is 27.3 Å². The molecular weight excluding hydrogens is 585 g/mol. The number of fused-ring (bicyclic) bond motifs is 2. The molecule has 3 heterocycles. The Morgan fingerprint density at radius 3 is 2.55 bits per heavy atom. The van der Waals surface area contributed by atoms with Gasteiger partial charge in [-0.1, -0.05) is 28.1 Å². The molecule has 7 nitrogen and oxygen atoms in total. The van der Waals surface area contributed by atoms with E-state index in [-0.39, 0.29) is 23.0 Å². The molecule has 0 radical (unpaired) electrons. The van der Waals surface area contributed by atoms with E-state index in [4.69, 9.17) is 4.74 Å². The maximum Gasteiger partial charge on any atom is 0.433 e. The van der Waals surface area contributed by atoms with Gasteiger partial charge in [-0.3, -0.25) is 4.79 Å². The number of anilines is 1. The van der Waals surface area contributed by atoms with E-state index in [9.17, 15) is 22.8 Å². The van der Waals surface area contributed by atoms with Gasteiger partial charge in [-0.2, -0.15) is 18.3 Å². The van der Waals surface area contributed by atoms with Crippen molar-refractivity contribution in [1.29, 1.82) is 0 Å². The van der Waals surface area contributed by atoms with Crippen molar-refractivity contribution in [3.63, 3.8) is 0 Å². The van der Waals surface area contributed by atoms with Crippen LogP contribution in [0.4, 0.5) is 18.2 Å². The van der Waals surface area contributed by atoms with Gasteiger partial charge in [-0.15, -0.1) is 11.3 Å². The third kappa shape index (κ3) is 5.06. The molecule has 0 atom stereocenters. The first-order valence-electron chi connectivity index (χ1n) is 11.9. The molecule has 1 amide bonds. The van der Waals surface area contributed by atoms with Crippen LogP contribution in [0.15, 0.2) is 41.0 Å². The smallest absolute Gasteiger partial charge is 0.433 e. The van der Waals surface area contributed by atoms with Gasteiger partial charge >= 0.3 is 12.1 Å². The van der Waals surface area contributed by atoms with Crippen LogP contribution in [-0.4, -0.2) is 32.6 Å². The van der Waals surface area contributed by atoms with Gasteiger partial charge in [0.1, 0.15) is 10.6 Å². The Labute approximate surface area is 228 Å². The first-order valence-corrected chi connectivity index (χ1v) is 13.5. The monoisotopic (exact) mass is 606 g/mol. The van der Waals surface area contributed by atoms with Crippen molar-refractivity contribution in [3.8, 4) is 11.3 Å². The Bertz CT molecular complexity index is 1540. The van der Waals surface area contributed by atoms with E-state index in [1.54, 1.807) is 38.1 Å². The molecule has 3 aromatic heterocycles. The van der Waals surface area contributed by atoms with Gasteiger partial charge in [0, 0.05) is 14.9 Å². The number of nitrogens with one attached hydrogen (secondary N) is 1. The first kappa shape index (κ1) is 26.4. The molecule has 0 fully saturated rings. The number of alkyl halides is 3. The predicted octanol–water partition coefficient (Wildman–Crippen LogP) is 6.94. The summed E-state index contributed by atoms with van der Waals surface area (Å²) in [7, 11) is 0. The highest BCUT2D eigenvalue weighted by atomic mass is 79.9. The van der Waals surface area contributed by atoms with Crippen LogP contribution in [0.1, 0.15) is 63.5 Å². The van der Waals surface area contributed by atoms with E-state index in [0.717, 1.165) is 46.4 Å². The molecule has 1 aromatic carbocycles. The van der Waals surface area contributed by atoms with Crippen molar-refractivity contribution < 1.29 is 27.5 Å². The average molecular weight is 607 g/mol. The minimum absolute atomic E-state index is 0.0414. The fraction of sp³-hybridized carbons (Fsp3) is 0.308. The zero-order valence-electron chi connectivity index (χ0n) is 20.4. The van der Waals surface area contributed by atoms with Crippen LogP contribution in [0, 0.1) is 0 Å². The van der Waals surface area contributed by atoms with Crippen molar-refractivity contribution in [2.75, 3.05) is 5.32 Å². The molecule has 0 aliphatic heterocycles. The molecule has 0 bridgehead atoms. The van der Waals surface area contributed by atoms with Crippen LogP contribution in [0.2, 0.25) is 0 Å². The fourth-order valence-corrected chi connectivity index (χ4v) is 5.94.